The molecule has 0 saturated carbocycles. The van der Waals surface area contributed by atoms with Gasteiger partial charge in [-0.2, -0.15) is 13.2 Å². The molecule has 0 aromatic heterocycles. The smallest absolute Gasteiger partial charge is 0.324 e. The van der Waals surface area contributed by atoms with E-state index in [2.05, 4.69) is 10.6 Å². The van der Waals surface area contributed by atoms with Crippen LogP contribution < -0.4 is 10.6 Å². The Balaban J connectivity index is 1.59. The van der Waals surface area contributed by atoms with Crippen LogP contribution in [-0.2, 0) is 11.0 Å². The van der Waals surface area contributed by atoms with Gasteiger partial charge in [0, 0.05) is 26.2 Å². The molecule has 4 aromatic carbocycles. The van der Waals surface area contributed by atoms with Gasteiger partial charge >= 0.3 is 6.18 Å². The highest BCUT2D eigenvalue weighted by atomic mass is 35.5. The molecule has 0 saturated heterocycles. The fourth-order valence-corrected chi connectivity index (χ4v) is 5.02. The van der Waals surface area contributed by atoms with E-state index in [1.165, 1.54) is 12.1 Å². The largest absolute Gasteiger partial charge is 0.418 e. The summed E-state index contributed by atoms with van der Waals surface area (Å²) < 4.78 is 40.8. The third-order valence-corrected chi connectivity index (χ3v) is 7.04. The number of thioether (sulfide) groups is 1. The zero-order valence-electron chi connectivity index (χ0n) is 19.4. The molecule has 0 bridgehead atoms. The van der Waals surface area contributed by atoms with Crippen LogP contribution in [0.3, 0.4) is 0 Å². The normalized spacial score (nSPS) is 12.0. The third-order valence-electron chi connectivity index (χ3n) is 5.32. The molecule has 2 N–H and O–H groups in total. The van der Waals surface area contributed by atoms with Gasteiger partial charge in [0.1, 0.15) is 5.25 Å². The molecule has 0 aliphatic heterocycles. The lowest BCUT2D eigenvalue weighted by molar-refractivity contribution is -0.137. The fourth-order valence-electron chi connectivity index (χ4n) is 3.58. The second kappa shape index (κ2) is 11.9. The molecule has 0 fully saturated rings. The maximum atomic E-state index is 13.6. The molecular formula is C28H19Cl2F3N2O2S. The van der Waals surface area contributed by atoms with Gasteiger partial charge in [-0.25, -0.2) is 0 Å². The number of carbonyl (C=O) groups excluding carboxylic acids is 2. The van der Waals surface area contributed by atoms with Gasteiger partial charge in [-0.1, -0.05) is 65.7 Å². The van der Waals surface area contributed by atoms with Crippen molar-refractivity contribution in [1.82, 2.24) is 0 Å². The number of anilines is 2. The van der Waals surface area contributed by atoms with Gasteiger partial charge in [0.2, 0.25) is 5.91 Å². The number of alkyl halides is 3. The summed E-state index contributed by atoms with van der Waals surface area (Å²) in [5, 5.41) is 4.64. The zero-order chi connectivity index (χ0) is 27.3. The molecule has 38 heavy (non-hydrogen) atoms. The minimum atomic E-state index is -4.71. The van der Waals surface area contributed by atoms with Crippen molar-refractivity contribution in [3.05, 3.63) is 124 Å². The zero-order valence-corrected chi connectivity index (χ0v) is 21.8. The van der Waals surface area contributed by atoms with Gasteiger partial charge in [0.15, 0.2) is 0 Å². The third kappa shape index (κ3) is 7.10. The first-order chi connectivity index (χ1) is 18.1. The first kappa shape index (κ1) is 27.6. The second-order valence-corrected chi connectivity index (χ2v) is 10.1. The Morgan fingerprint density at radius 3 is 2.18 bits per heavy atom. The highest BCUT2D eigenvalue weighted by Crippen LogP contribution is 2.40. The molecule has 0 aliphatic rings. The molecule has 0 spiro atoms. The predicted molar refractivity (Wildman–Crippen MR) is 146 cm³/mol. The molecule has 4 rings (SSSR count). The lowest BCUT2D eigenvalue weighted by atomic mass is 10.1. The van der Waals surface area contributed by atoms with Crippen molar-refractivity contribution in [2.24, 2.45) is 0 Å². The predicted octanol–water partition coefficient (Wildman–Crippen LogP) is 8.74. The van der Waals surface area contributed by atoms with Crippen LogP contribution in [0.5, 0.6) is 0 Å². The standard InChI is InChI=1S/C28H19Cl2F3N2O2S/c29-19-9-4-8-18(14-19)26(36)34-21-10-5-11-22(16-21)38-25(17-6-2-1-3-7-17)27(37)35-24-13-12-20(30)15-23(24)28(31,32)33/h1-16,25H,(H,34,36)(H,35,37). The first-order valence-corrected chi connectivity index (χ1v) is 12.8. The minimum Gasteiger partial charge on any atom is -0.324 e. The van der Waals surface area contributed by atoms with E-state index < -0.39 is 28.6 Å². The van der Waals surface area contributed by atoms with E-state index in [4.69, 9.17) is 23.2 Å². The first-order valence-electron chi connectivity index (χ1n) is 11.2. The van der Waals surface area contributed by atoms with Crippen LogP contribution in [0, 0.1) is 0 Å². The summed E-state index contributed by atoms with van der Waals surface area (Å²) in [7, 11) is 0. The monoisotopic (exact) mass is 574 g/mol. The van der Waals surface area contributed by atoms with Gasteiger partial charge in [-0.15, -0.1) is 11.8 Å². The molecule has 1 atom stereocenters. The van der Waals surface area contributed by atoms with Gasteiger partial charge in [-0.05, 0) is 60.2 Å². The number of carbonyl (C=O) groups is 2. The van der Waals surface area contributed by atoms with E-state index in [-0.39, 0.29) is 10.9 Å². The molecule has 0 heterocycles. The summed E-state index contributed by atoms with van der Waals surface area (Å²) in [5.74, 6) is -1.02. The van der Waals surface area contributed by atoms with E-state index in [1.54, 1.807) is 72.8 Å². The minimum absolute atomic E-state index is 0.0963. The molecule has 1 unspecified atom stereocenters. The Kier molecular flexibility index (Phi) is 8.66. The van der Waals surface area contributed by atoms with E-state index in [9.17, 15) is 22.8 Å². The van der Waals surface area contributed by atoms with Crippen LogP contribution in [0.4, 0.5) is 24.5 Å². The van der Waals surface area contributed by atoms with Crippen LogP contribution in [0.2, 0.25) is 10.0 Å². The number of halogens is 5. The van der Waals surface area contributed by atoms with Crippen molar-refractivity contribution in [2.75, 3.05) is 10.6 Å². The van der Waals surface area contributed by atoms with E-state index in [1.807, 2.05) is 0 Å². The van der Waals surface area contributed by atoms with Crippen LogP contribution in [0.25, 0.3) is 0 Å². The summed E-state index contributed by atoms with van der Waals surface area (Å²) >= 11 is 12.9. The second-order valence-electron chi connectivity index (χ2n) is 8.08. The molecule has 0 aliphatic carbocycles. The van der Waals surface area contributed by atoms with Crippen LogP contribution >= 0.6 is 35.0 Å². The van der Waals surface area contributed by atoms with Crippen LogP contribution in [-0.4, -0.2) is 11.8 Å². The Morgan fingerprint density at radius 2 is 1.47 bits per heavy atom. The highest BCUT2D eigenvalue weighted by molar-refractivity contribution is 8.00. The number of benzene rings is 4. The lowest BCUT2D eigenvalue weighted by Crippen LogP contribution is -2.21. The summed E-state index contributed by atoms with van der Waals surface area (Å²) in [6.45, 7) is 0. The van der Waals surface area contributed by atoms with Crippen LogP contribution in [0.1, 0.15) is 26.7 Å². The van der Waals surface area contributed by atoms with Crippen molar-refractivity contribution in [1.29, 1.82) is 0 Å². The van der Waals surface area contributed by atoms with Crippen molar-refractivity contribution in [3.63, 3.8) is 0 Å². The Hall–Kier alpha value is -3.46. The maximum Gasteiger partial charge on any atom is 0.418 e. The van der Waals surface area contributed by atoms with Crippen molar-refractivity contribution in [2.45, 2.75) is 16.3 Å². The molecule has 10 heteroatoms. The van der Waals surface area contributed by atoms with E-state index in [0.29, 0.717) is 26.7 Å². The SMILES string of the molecule is O=C(Nc1cccc(SC(C(=O)Nc2ccc(Cl)cc2C(F)(F)F)c2ccccc2)c1)c1cccc(Cl)c1. The summed E-state index contributed by atoms with van der Waals surface area (Å²) in [5.41, 5.74) is 0.00697. The van der Waals surface area contributed by atoms with Crippen molar-refractivity contribution in [3.8, 4) is 0 Å². The number of rotatable bonds is 7. The summed E-state index contributed by atoms with van der Waals surface area (Å²) in [6.07, 6.45) is -4.71. The molecule has 2 amide bonds. The average molecular weight is 575 g/mol. The average Bonchev–Trinajstić information content (AvgIpc) is 2.88. The molecule has 4 nitrogen and oxygen atoms in total. The van der Waals surface area contributed by atoms with Gasteiger partial charge < -0.3 is 10.6 Å². The summed E-state index contributed by atoms with van der Waals surface area (Å²) in [6, 6.07) is 25.2. The number of nitrogens with one attached hydrogen (secondary N) is 2. The Morgan fingerprint density at radius 1 is 0.763 bits per heavy atom. The van der Waals surface area contributed by atoms with Crippen LogP contribution in [0.15, 0.2) is 102 Å². The van der Waals surface area contributed by atoms with E-state index >= 15 is 0 Å². The molecular weight excluding hydrogens is 556 g/mol. The Bertz CT molecular complexity index is 1470. The van der Waals surface area contributed by atoms with Crippen molar-refractivity contribution >= 4 is 58.2 Å². The maximum absolute atomic E-state index is 13.6. The molecule has 4 aromatic rings. The highest BCUT2D eigenvalue weighted by Gasteiger charge is 2.35. The van der Waals surface area contributed by atoms with Gasteiger partial charge in [0.05, 0.1) is 11.3 Å². The molecule has 194 valence electrons. The topological polar surface area (TPSA) is 58.2 Å². The van der Waals surface area contributed by atoms with Crippen molar-refractivity contribution < 1.29 is 22.8 Å². The number of hydrogen-bond donors (Lipinski definition) is 2. The fraction of sp³-hybridized carbons (Fsp3) is 0.0714. The van der Waals surface area contributed by atoms with Gasteiger partial charge in [-0.3, -0.25) is 9.59 Å². The van der Waals surface area contributed by atoms with E-state index in [0.717, 1.165) is 23.9 Å². The Labute approximate surface area is 231 Å². The molecule has 0 radical (unpaired) electrons. The lowest BCUT2D eigenvalue weighted by Gasteiger charge is -2.20. The number of amides is 2. The van der Waals surface area contributed by atoms with Gasteiger partial charge in [0.25, 0.3) is 5.91 Å². The number of hydrogen-bond acceptors (Lipinski definition) is 3. The summed E-state index contributed by atoms with van der Waals surface area (Å²) in [4.78, 5) is 26.6. The quantitative estimate of drug-likeness (QED) is 0.217.